The Balaban J connectivity index is 1.43. The van der Waals surface area contributed by atoms with Crippen LogP contribution in [0.5, 0.6) is 0 Å². The molecule has 0 aliphatic heterocycles. The van der Waals surface area contributed by atoms with E-state index in [4.69, 9.17) is 4.74 Å². The Kier molecular flexibility index (Phi) is 6.48. The van der Waals surface area contributed by atoms with Gasteiger partial charge >= 0.3 is 0 Å². The predicted molar refractivity (Wildman–Crippen MR) is 97.6 cm³/mol. The molecule has 24 heavy (non-hydrogen) atoms. The van der Waals surface area contributed by atoms with Gasteiger partial charge in [-0.15, -0.1) is 0 Å². The van der Waals surface area contributed by atoms with E-state index in [0.717, 1.165) is 24.4 Å². The molecule has 0 heterocycles. The van der Waals surface area contributed by atoms with E-state index in [1.54, 1.807) is 19.2 Å². The highest BCUT2D eigenvalue weighted by atomic mass is 19.1. The minimum atomic E-state index is -0.122. The smallest absolute Gasteiger partial charge is 0.123 e. The first-order valence-corrected chi connectivity index (χ1v) is 9.67. The van der Waals surface area contributed by atoms with Crippen molar-refractivity contribution in [2.75, 3.05) is 13.7 Å². The lowest BCUT2D eigenvalue weighted by Gasteiger charge is -2.37. The first kappa shape index (κ1) is 17.7. The highest BCUT2D eigenvalue weighted by molar-refractivity contribution is 5.21. The zero-order valence-electron chi connectivity index (χ0n) is 14.9. The zero-order chi connectivity index (χ0) is 16.8. The van der Waals surface area contributed by atoms with Gasteiger partial charge in [0.15, 0.2) is 0 Å². The number of benzene rings is 1. The highest BCUT2D eigenvalue weighted by Gasteiger charge is 2.30. The second kappa shape index (κ2) is 8.80. The van der Waals surface area contributed by atoms with Crippen molar-refractivity contribution >= 4 is 0 Å². The van der Waals surface area contributed by atoms with Gasteiger partial charge < -0.3 is 4.74 Å². The van der Waals surface area contributed by atoms with E-state index in [0.29, 0.717) is 5.92 Å². The van der Waals surface area contributed by atoms with Gasteiger partial charge in [0.05, 0.1) is 6.61 Å². The maximum atomic E-state index is 13.1. The van der Waals surface area contributed by atoms with E-state index < -0.39 is 0 Å². The van der Waals surface area contributed by atoms with Crippen molar-refractivity contribution in [1.29, 1.82) is 0 Å². The molecule has 0 saturated heterocycles. The molecule has 3 rings (SSSR count). The molecule has 1 aromatic rings. The minimum absolute atomic E-state index is 0.122. The maximum absolute atomic E-state index is 13.1. The molecule has 1 aromatic carbocycles. The van der Waals surface area contributed by atoms with Crippen molar-refractivity contribution in [2.24, 2.45) is 17.8 Å². The molecule has 1 nitrogen and oxygen atoms in total. The van der Waals surface area contributed by atoms with Crippen LogP contribution in [0, 0.1) is 23.6 Å². The van der Waals surface area contributed by atoms with Gasteiger partial charge in [0.2, 0.25) is 0 Å². The monoisotopic (exact) mass is 330 g/mol. The van der Waals surface area contributed by atoms with Crippen LogP contribution in [0.15, 0.2) is 36.4 Å². The Morgan fingerprint density at radius 2 is 1.50 bits per heavy atom. The zero-order valence-corrected chi connectivity index (χ0v) is 14.9. The van der Waals surface area contributed by atoms with Gasteiger partial charge in [-0.1, -0.05) is 24.3 Å². The Labute approximate surface area is 146 Å². The summed E-state index contributed by atoms with van der Waals surface area (Å²) in [6.45, 7) is 0.743. The number of hydrogen-bond acceptors (Lipinski definition) is 1. The summed E-state index contributed by atoms with van der Waals surface area (Å²) in [6, 6.07) is 7.19. The van der Waals surface area contributed by atoms with E-state index in [2.05, 4.69) is 12.2 Å². The predicted octanol–water partition coefficient (Wildman–Crippen LogP) is 6.11. The van der Waals surface area contributed by atoms with Crippen LogP contribution in [0.2, 0.25) is 0 Å². The largest absolute Gasteiger partial charge is 0.381 e. The van der Waals surface area contributed by atoms with E-state index in [-0.39, 0.29) is 5.82 Å². The maximum Gasteiger partial charge on any atom is 0.123 e. The summed E-state index contributed by atoms with van der Waals surface area (Å²) in [6.07, 6.45) is 15.3. The normalized spacial score (nSPS) is 31.4. The van der Waals surface area contributed by atoms with Crippen molar-refractivity contribution in [3.05, 3.63) is 47.8 Å². The van der Waals surface area contributed by atoms with Gasteiger partial charge in [-0.3, -0.25) is 0 Å². The Morgan fingerprint density at radius 1 is 0.917 bits per heavy atom. The van der Waals surface area contributed by atoms with E-state index in [1.807, 2.05) is 12.1 Å². The number of halogens is 1. The first-order chi connectivity index (χ1) is 11.8. The standard InChI is InChI=1S/C22H31FO/c1-24-16-2-3-17-4-6-18(7-5-17)19-8-10-20(11-9-19)21-12-14-22(23)15-13-21/h2-3,12-15,17-20H,4-11,16H2,1H3. The summed E-state index contributed by atoms with van der Waals surface area (Å²) in [5.41, 5.74) is 1.34. The van der Waals surface area contributed by atoms with Crippen LogP contribution in [0.3, 0.4) is 0 Å². The number of hydrogen-bond donors (Lipinski definition) is 0. The van der Waals surface area contributed by atoms with E-state index in [1.165, 1.54) is 56.9 Å². The van der Waals surface area contributed by atoms with Gasteiger partial charge in [-0.25, -0.2) is 4.39 Å². The lowest BCUT2D eigenvalue weighted by Crippen LogP contribution is -2.25. The molecule has 0 unspecified atom stereocenters. The number of allylic oxidation sites excluding steroid dienone is 1. The summed E-state index contributed by atoms with van der Waals surface area (Å²) in [4.78, 5) is 0. The molecule has 2 saturated carbocycles. The van der Waals surface area contributed by atoms with Crippen LogP contribution in [-0.4, -0.2) is 13.7 Å². The molecule has 2 aliphatic rings. The quantitative estimate of drug-likeness (QED) is 0.592. The number of methoxy groups -OCH3 is 1. The molecule has 0 aromatic heterocycles. The Hall–Kier alpha value is -1.15. The van der Waals surface area contributed by atoms with Crippen molar-refractivity contribution in [3.63, 3.8) is 0 Å². The molecule has 132 valence electrons. The molecule has 0 atom stereocenters. The second-order valence-electron chi connectivity index (χ2n) is 7.72. The van der Waals surface area contributed by atoms with Gasteiger partial charge in [0.25, 0.3) is 0 Å². The van der Waals surface area contributed by atoms with Crippen LogP contribution in [0.4, 0.5) is 4.39 Å². The highest BCUT2D eigenvalue weighted by Crippen LogP contribution is 2.44. The summed E-state index contributed by atoms with van der Waals surface area (Å²) in [5, 5.41) is 0. The van der Waals surface area contributed by atoms with Gasteiger partial charge in [0, 0.05) is 7.11 Å². The van der Waals surface area contributed by atoms with Crippen molar-refractivity contribution in [3.8, 4) is 0 Å². The Bertz CT molecular complexity index is 505. The third kappa shape index (κ3) is 4.69. The van der Waals surface area contributed by atoms with Gasteiger partial charge in [-0.2, -0.15) is 0 Å². The molecule has 2 fully saturated rings. The Morgan fingerprint density at radius 3 is 2.08 bits per heavy atom. The molecule has 0 radical (unpaired) electrons. The number of ether oxygens (including phenoxy) is 1. The molecule has 0 amide bonds. The third-order valence-electron chi connectivity index (χ3n) is 6.27. The fourth-order valence-electron chi connectivity index (χ4n) is 4.81. The molecular formula is C22H31FO. The molecule has 2 aliphatic carbocycles. The fourth-order valence-corrected chi connectivity index (χ4v) is 4.81. The van der Waals surface area contributed by atoms with Gasteiger partial charge in [0.1, 0.15) is 5.82 Å². The first-order valence-electron chi connectivity index (χ1n) is 9.67. The van der Waals surface area contributed by atoms with Gasteiger partial charge in [-0.05, 0) is 92.7 Å². The molecular weight excluding hydrogens is 299 g/mol. The van der Waals surface area contributed by atoms with Crippen molar-refractivity contribution in [2.45, 2.75) is 57.3 Å². The third-order valence-corrected chi connectivity index (χ3v) is 6.27. The van der Waals surface area contributed by atoms with Crippen LogP contribution in [0.25, 0.3) is 0 Å². The summed E-state index contributed by atoms with van der Waals surface area (Å²) in [5.74, 6) is 3.16. The summed E-state index contributed by atoms with van der Waals surface area (Å²) in [7, 11) is 1.75. The lowest BCUT2D eigenvalue weighted by molar-refractivity contribution is 0.171. The lowest BCUT2D eigenvalue weighted by atomic mass is 9.68. The summed E-state index contributed by atoms with van der Waals surface area (Å²) < 4.78 is 18.2. The summed E-state index contributed by atoms with van der Waals surface area (Å²) >= 11 is 0. The van der Waals surface area contributed by atoms with E-state index in [9.17, 15) is 4.39 Å². The number of rotatable bonds is 5. The van der Waals surface area contributed by atoms with Crippen molar-refractivity contribution < 1.29 is 9.13 Å². The molecule has 0 bridgehead atoms. The van der Waals surface area contributed by atoms with Crippen molar-refractivity contribution in [1.82, 2.24) is 0 Å². The second-order valence-corrected chi connectivity index (χ2v) is 7.72. The van der Waals surface area contributed by atoms with Crippen LogP contribution in [-0.2, 0) is 4.74 Å². The van der Waals surface area contributed by atoms with Crippen LogP contribution < -0.4 is 0 Å². The fraction of sp³-hybridized carbons (Fsp3) is 0.636. The topological polar surface area (TPSA) is 9.23 Å². The van der Waals surface area contributed by atoms with E-state index >= 15 is 0 Å². The SMILES string of the molecule is COCC=CC1CCC(C2CCC(c3ccc(F)cc3)CC2)CC1. The minimum Gasteiger partial charge on any atom is -0.381 e. The molecule has 0 spiro atoms. The molecule has 0 N–H and O–H groups in total. The van der Waals surface area contributed by atoms with Crippen LogP contribution in [0.1, 0.15) is 62.8 Å². The van der Waals surface area contributed by atoms with Crippen LogP contribution >= 0.6 is 0 Å². The molecule has 2 heteroatoms. The average molecular weight is 330 g/mol. The average Bonchev–Trinajstić information content (AvgIpc) is 2.63.